The standard InChI is InChI=1S/C19H20ClNO4S/c1-19(2,3)11-16(22)12-4-6-13(7-5-12)18(23)14-8-9-15(20)17(10-14)26(21,24)25/h4-10H,11H2,1-3H3,(H2,21,24,25). The minimum atomic E-state index is -4.04. The predicted molar refractivity (Wildman–Crippen MR) is 101 cm³/mol. The van der Waals surface area contributed by atoms with Gasteiger partial charge in [-0.05, 0) is 23.6 Å². The number of hydrogen-bond acceptors (Lipinski definition) is 4. The Balaban J connectivity index is 2.30. The summed E-state index contributed by atoms with van der Waals surface area (Å²) in [5.74, 6) is -0.388. The van der Waals surface area contributed by atoms with Crippen LogP contribution in [0.2, 0.25) is 5.02 Å². The molecule has 0 atom stereocenters. The number of nitrogens with two attached hydrogens (primary N) is 1. The van der Waals surface area contributed by atoms with Gasteiger partial charge in [-0.2, -0.15) is 0 Å². The first-order valence-electron chi connectivity index (χ1n) is 7.89. The molecule has 0 aromatic heterocycles. The molecule has 7 heteroatoms. The zero-order valence-corrected chi connectivity index (χ0v) is 16.3. The quantitative estimate of drug-likeness (QED) is 0.781. The van der Waals surface area contributed by atoms with Gasteiger partial charge in [-0.3, -0.25) is 9.59 Å². The lowest BCUT2D eigenvalue weighted by molar-refractivity contribution is 0.0938. The third kappa shape index (κ3) is 5.00. The molecule has 0 aliphatic rings. The first-order valence-corrected chi connectivity index (χ1v) is 9.81. The number of carbonyl (C=O) groups excluding carboxylic acids is 2. The van der Waals surface area contributed by atoms with E-state index in [0.717, 1.165) is 6.07 Å². The van der Waals surface area contributed by atoms with E-state index in [1.54, 1.807) is 24.3 Å². The molecule has 2 N–H and O–H groups in total. The SMILES string of the molecule is CC(C)(C)CC(=O)c1ccc(C(=O)c2ccc(Cl)c(S(N)(=O)=O)c2)cc1. The van der Waals surface area contributed by atoms with Crippen LogP contribution in [0.5, 0.6) is 0 Å². The molecule has 0 aliphatic heterocycles. The van der Waals surface area contributed by atoms with Crippen LogP contribution in [0.15, 0.2) is 47.4 Å². The van der Waals surface area contributed by atoms with Gasteiger partial charge in [-0.1, -0.05) is 56.6 Å². The lowest BCUT2D eigenvalue weighted by Crippen LogP contribution is -2.14. The van der Waals surface area contributed by atoms with E-state index in [1.807, 2.05) is 20.8 Å². The van der Waals surface area contributed by atoms with Crippen LogP contribution in [-0.4, -0.2) is 20.0 Å². The van der Waals surface area contributed by atoms with Gasteiger partial charge in [0, 0.05) is 23.1 Å². The molecule has 0 saturated heterocycles. The summed E-state index contributed by atoms with van der Waals surface area (Å²) in [6, 6.07) is 10.2. The fourth-order valence-electron chi connectivity index (χ4n) is 2.42. The summed E-state index contributed by atoms with van der Waals surface area (Å²) >= 11 is 5.83. The number of benzene rings is 2. The maximum atomic E-state index is 12.6. The molecule has 2 aromatic rings. The molecule has 0 aliphatic carbocycles. The van der Waals surface area contributed by atoms with Crippen molar-refractivity contribution >= 4 is 33.2 Å². The lowest BCUT2D eigenvalue weighted by Gasteiger charge is -2.16. The second-order valence-corrected chi connectivity index (χ2v) is 9.19. The maximum Gasteiger partial charge on any atom is 0.239 e. The molecular weight excluding hydrogens is 374 g/mol. The predicted octanol–water partition coefficient (Wildman–Crippen LogP) is 3.84. The van der Waals surface area contributed by atoms with Gasteiger partial charge in [0.25, 0.3) is 0 Å². The van der Waals surface area contributed by atoms with E-state index in [4.69, 9.17) is 16.7 Å². The smallest absolute Gasteiger partial charge is 0.239 e. The van der Waals surface area contributed by atoms with E-state index >= 15 is 0 Å². The summed E-state index contributed by atoms with van der Waals surface area (Å²) < 4.78 is 23.1. The Morgan fingerprint density at radius 3 is 1.96 bits per heavy atom. The van der Waals surface area contributed by atoms with Crippen LogP contribution in [0.3, 0.4) is 0 Å². The summed E-state index contributed by atoms with van der Waals surface area (Å²) in [4.78, 5) is 24.5. The Bertz CT molecular complexity index is 958. The van der Waals surface area contributed by atoms with Crippen LogP contribution >= 0.6 is 11.6 Å². The van der Waals surface area contributed by atoms with E-state index in [0.29, 0.717) is 17.5 Å². The second-order valence-electron chi connectivity index (χ2n) is 7.26. The molecule has 0 bridgehead atoms. The molecule has 26 heavy (non-hydrogen) atoms. The van der Waals surface area contributed by atoms with Gasteiger partial charge in [0.05, 0.1) is 5.02 Å². The third-order valence-corrected chi connectivity index (χ3v) is 5.05. The number of primary sulfonamides is 1. The molecule has 5 nitrogen and oxygen atoms in total. The van der Waals surface area contributed by atoms with Gasteiger partial charge in [0.2, 0.25) is 10.0 Å². The molecule has 0 fully saturated rings. The van der Waals surface area contributed by atoms with E-state index in [9.17, 15) is 18.0 Å². The zero-order valence-electron chi connectivity index (χ0n) is 14.7. The van der Waals surface area contributed by atoms with Crippen LogP contribution < -0.4 is 5.14 Å². The molecule has 0 unspecified atom stereocenters. The van der Waals surface area contributed by atoms with Crippen molar-refractivity contribution in [2.75, 3.05) is 0 Å². The van der Waals surface area contributed by atoms with E-state index in [-0.39, 0.29) is 32.5 Å². The minimum absolute atomic E-state index is 0.000460. The van der Waals surface area contributed by atoms with Crippen LogP contribution in [0.4, 0.5) is 0 Å². The molecule has 2 aromatic carbocycles. The Labute approximate surface area is 158 Å². The van der Waals surface area contributed by atoms with Crippen LogP contribution in [0, 0.1) is 5.41 Å². The first-order chi connectivity index (χ1) is 11.9. The molecule has 2 rings (SSSR count). The van der Waals surface area contributed by atoms with Crippen molar-refractivity contribution < 1.29 is 18.0 Å². The van der Waals surface area contributed by atoms with Crippen molar-refractivity contribution in [2.24, 2.45) is 10.6 Å². The van der Waals surface area contributed by atoms with Gasteiger partial charge in [-0.15, -0.1) is 0 Å². The van der Waals surface area contributed by atoms with Crippen molar-refractivity contribution in [3.63, 3.8) is 0 Å². The summed E-state index contributed by atoms with van der Waals surface area (Å²) in [5, 5.41) is 5.06. The second kappa shape index (κ2) is 7.31. The van der Waals surface area contributed by atoms with Crippen LogP contribution in [0.1, 0.15) is 53.5 Å². The van der Waals surface area contributed by atoms with Gasteiger partial charge >= 0.3 is 0 Å². The number of rotatable bonds is 5. The fraction of sp³-hybridized carbons (Fsp3) is 0.263. The highest BCUT2D eigenvalue weighted by Crippen LogP contribution is 2.24. The highest BCUT2D eigenvalue weighted by molar-refractivity contribution is 7.89. The van der Waals surface area contributed by atoms with Gasteiger partial charge in [0.1, 0.15) is 4.90 Å². The highest BCUT2D eigenvalue weighted by Gasteiger charge is 2.19. The normalized spacial score (nSPS) is 12.0. The number of halogens is 1. The van der Waals surface area contributed by atoms with Crippen molar-refractivity contribution in [3.8, 4) is 0 Å². The van der Waals surface area contributed by atoms with Gasteiger partial charge in [-0.25, -0.2) is 13.6 Å². The Kier molecular flexibility index (Phi) is 5.70. The minimum Gasteiger partial charge on any atom is -0.294 e. The van der Waals surface area contributed by atoms with E-state index < -0.39 is 10.0 Å². The van der Waals surface area contributed by atoms with Crippen molar-refractivity contribution in [3.05, 3.63) is 64.2 Å². The molecule has 138 valence electrons. The molecule has 0 spiro atoms. The summed E-state index contributed by atoms with van der Waals surface area (Å²) in [5.41, 5.74) is 0.879. The van der Waals surface area contributed by atoms with Crippen LogP contribution in [0.25, 0.3) is 0 Å². The van der Waals surface area contributed by atoms with Crippen molar-refractivity contribution in [1.82, 2.24) is 0 Å². The number of ketones is 2. The van der Waals surface area contributed by atoms with Crippen molar-refractivity contribution in [1.29, 1.82) is 0 Å². The van der Waals surface area contributed by atoms with E-state index in [1.165, 1.54) is 12.1 Å². The number of hydrogen-bond donors (Lipinski definition) is 1. The average molecular weight is 394 g/mol. The summed E-state index contributed by atoms with van der Waals surface area (Å²) in [6.45, 7) is 5.94. The molecular formula is C19H20ClNO4S. The summed E-state index contributed by atoms with van der Waals surface area (Å²) in [6.07, 6.45) is 0.398. The fourth-order valence-corrected chi connectivity index (χ4v) is 3.49. The van der Waals surface area contributed by atoms with Gasteiger partial charge in [0.15, 0.2) is 11.6 Å². The molecule has 0 saturated carbocycles. The van der Waals surface area contributed by atoms with Crippen LogP contribution in [-0.2, 0) is 10.0 Å². The molecule has 0 heterocycles. The Morgan fingerprint density at radius 2 is 1.46 bits per heavy atom. The average Bonchev–Trinajstić information content (AvgIpc) is 2.52. The maximum absolute atomic E-state index is 12.6. The van der Waals surface area contributed by atoms with Crippen molar-refractivity contribution in [2.45, 2.75) is 32.1 Å². The largest absolute Gasteiger partial charge is 0.294 e. The van der Waals surface area contributed by atoms with E-state index in [2.05, 4.69) is 0 Å². The monoisotopic (exact) mass is 393 g/mol. The third-order valence-electron chi connectivity index (χ3n) is 3.66. The topological polar surface area (TPSA) is 94.3 Å². The molecule has 0 radical (unpaired) electrons. The van der Waals surface area contributed by atoms with Gasteiger partial charge < -0.3 is 0 Å². The Hall–Kier alpha value is -2.02. The molecule has 0 amide bonds. The summed E-state index contributed by atoms with van der Waals surface area (Å²) in [7, 11) is -4.04. The number of carbonyl (C=O) groups is 2. The first kappa shape index (κ1) is 20.3. The Morgan fingerprint density at radius 1 is 0.962 bits per heavy atom. The highest BCUT2D eigenvalue weighted by atomic mass is 35.5. The lowest BCUT2D eigenvalue weighted by atomic mass is 9.87. The zero-order chi connectivity index (χ0) is 19.7. The number of Topliss-reactive ketones (excluding diaryl/α,β-unsaturated/α-hetero) is 1. The number of sulfonamides is 1.